The van der Waals surface area contributed by atoms with Gasteiger partial charge in [0.1, 0.15) is 11.6 Å². The van der Waals surface area contributed by atoms with Gasteiger partial charge in [-0.1, -0.05) is 11.6 Å². The molecule has 2 aromatic rings. The molecule has 0 radical (unpaired) electrons. The SMILES string of the molecule is Cc1nccn1-c1cc(F)c(Cl)cc1N. The van der Waals surface area contributed by atoms with E-state index < -0.39 is 5.82 Å². The Labute approximate surface area is 91.3 Å². The lowest BCUT2D eigenvalue weighted by molar-refractivity contribution is 0.627. The van der Waals surface area contributed by atoms with Crippen molar-refractivity contribution < 1.29 is 4.39 Å². The van der Waals surface area contributed by atoms with Gasteiger partial charge in [0.2, 0.25) is 0 Å². The maximum absolute atomic E-state index is 13.3. The van der Waals surface area contributed by atoms with Gasteiger partial charge in [-0.05, 0) is 13.0 Å². The van der Waals surface area contributed by atoms with Gasteiger partial charge in [-0.25, -0.2) is 9.37 Å². The van der Waals surface area contributed by atoms with Gasteiger partial charge < -0.3 is 10.3 Å². The third-order valence-corrected chi connectivity index (χ3v) is 2.44. The maximum atomic E-state index is 13.3. The number of benzene rings is 1. The van der Waals surface area contributed by atoms with Gasteiger partial charge in [0.05, 0.1) is 16.4 Å². The Morgan fingerprint density at radius 1 is 1.47 bits per heavy atom. The maximum Gasteiger partial charge on any atom is 0.144 e. The number of aryl methyl sites for hydroxylation is 1. The summed E-state index contributed by atoms with van der Waals surface area (Å²) in [5.41, 5.74) is 6.72. The Kier molecular flexibility index (Phi) is 2.36. The fraction of sp³-hybridized carbons (Fsp3) is 0.100. The molecule has 15 heavy (non-hydrogen) atoms. The molecule has 2 rings (SSSR count). The summed E-state index contributed by atoms with van der Waals surface area (Å²) in [6, 6.07) is 2.69. The first-order valence-electron chi connectivity index (χ1n) is 4.34. The highest BCUT2D eigenvalue weighted by Gasteiger charge is 2.09. The Hall–Kier alpha value is -1.55. The minimum absolute atomic E-state index is 0.0222. The molecule has 1 aromatic heterocycles. The standard InChI is InChI=1S/C10H9ClFN3/c1-6-14-2-3-15(6)10-5-8(12)7(11)4-9(10)13/h2-5H,13H2,1H3. The van der Waals surface area contributed by atoms with E-state index in [4.69, 9.17) is 17.3 Å². The van der Waals surface area contributed by atoms with Crippen molar-refractivity contribution in [1.82, 2.24) is 9.55 Å². The summed E-state index contributed by atoms with van der Waals surface area (Å²) < 4.78 is 15.0. The Morgan fingerprint density at radius 3 is 2.80 bits per heavy atom. The quantitative estimate of drug-likeness (QED) is 0.758. The predicted molar refractivity (Wildman–Crippen MR) is 57.7 cm³/mol. The van der Waals surface area contributed by atoms with Gasteiger partial charge in [0.15, 0.2) is 0 Å². The largest absolute Gasteiger partial charge is 0.397 e. The minimum Gasteiger partial charge on any atom is -0.397 e. The Morgan fingerprint density at radius 2 is 2.20 bits per heavy atom. The molecular formula is C10H9ClFN3. The molecule has 5 heteroatoms. The van der Waals surface area contributed by atoms with Gasteiger partial charge in [0.25, 0.3) is 0 Å². The third-order valence-electron chi connectivity index (χ3n) is 2.15. The van der Waals surface area contributed by atoms with Crippen LogP contribution in [0.15, 0.2) is 24.5 Å². The third kappa shape index (κ3) is 1.68. The first-order chi connectivity index (χ1) is 7.09. The van der Waals surface area contributed by atoms with E-state index in [1.54, 1.807) is 17.0 Å². The lowest BCUT2D eigenvalue weighted by Crippen LogP contribution is -2.01. The molecule has 1 heterocycles. The fourth-order valence-corrected chi connectivity index (χ4v) is 1.57. The van der Waals surface area contributed by atoms with E-state index in [9.17, 15) is 4.39 Å². The smallest absolute Gasteiger partial charge is 0.144 e. The van der Waals surface area contributed by atoms with Gasteiger partial charge in [-0.2, -0.15) is 0 Å². The lowest BCUT2D eigenvalue weighted by atomic mass is 10.2. The first kappa shape index (κ1) is 9.98. The van der Waals surface area contributed by atoms with E-state index in [1.165, 1.54) is 12.1 Å². The van der Waals surface area contributed by atoms with E-state index >= 15 is 0 Å². The first-order valence-corrected chi connectivity index (χ1v) is 4.72. The average Bonchev–Trinajstić information content (AvgIpc) is 2.58. The van der Waals surface area contributed by atoms with E-state index in [-0.39, 0.29) is 5.02 Å². The molecule has 0 aliphatic carbocycles. The van der Waals surface area contributed by atoms with E-state index in [2.05, 4.69) is 4.98 Å². The molecule has 0 aliphatic heterocycles. The zero-order valence-electron chi connectivity index (χ0n) is 8.04. The monoisotopic (exact) mass is 225 g/mol. The molecule has 0 aliphatic rings. The van der Waals surface area contributed by atoms with E-state index in [1.807, 2.05) is 6.92 Å². The number of nitrogen functional groups attached to an aromatic ring is 1. The van der Waals surface area contributed by atoms with Gasteiger partial charge in [-0.3, -0.25) is 0 Å². The molecule has 1 aromatic carbocycles. The molecule has 0 amide bonds. The molecule has 0 unspecified atom stereocenters. The van der Waals surface area contributed by atoms with Crippen LogP contribution < -0.4 is 5.73 Å². The lowest BCUT2D eigenvalue weighted by Gasteiger charge is -2.09. The summed E-state index contributed by atoms with van der Waals surface area (Å²) in [5, 5.41) is 0.0222. The molecular weight excluding hydrogens is 217 g/mol. The van der Waals surface area contributed by atoms with Crippen molar-refractivity contribution in [2.75, 3.05) is 5.73 Å². The van der Waals surface area contributed by atoms with Crippen molar-refractivity contribution in [3.63, 3.8) is 0 Å². The van der Waals surface area contributed by atoms with Crippen molar-refractivity contribution in [3.05, 3.63) is 41.2 Å². The molecule has 0 fully saturated rings. The predicted octanol–water partition coefficient (Wildman–Crippen LogP) is 2.56. The number of aromatic nitrogens is 2. The summed E-state index contributed by atoms with van der Waals surface area (Å²) in [5.74, 6) is 0.248. The molecule has 3 nitrogen and oxygen atoms in total. The second-order valence-corrected chi connectivity index (χ2v) is 3.58. The van der Waals surface area contributed by atoms with Crippen LogP contribution in [0.2, 0.25) is 5.02 Å². The van der Waals surface area contributed by atoms with Gasteiger partial charge >= 0.3 is 0 Å². The second-order valence-electron chi connectivity index (χ2n) is 3.17. The van der Waals surface area contributed by atoms with Crippen LogP contribution in [0.4, 0.5) is 10.1 Å². The zero-order chi connectivity index (χ0) is 11.0. The minimum atomic E-state index is -0.492. The fourth-order valence-electron chi connectivity index (χ4n) is 1.39. The van der Waals surface area contributed by atoms with Crippen molar-refractivity contribution in [2.24, 2.45) is 0 Å². The van der Waals surface area contributed by atoms with Crippen LogP contribution in [0.1, 0.15) is 5.82 Å². The van der Waals surface area contributed by atoms with Crippen molar-refractivity contribution in [3.8, 4) is 5.69 Å². The molecule has 2 N–H and O–H groups in total. The average molecular weight is 226 g/mol. The summed E-state index contributed by atoms with van der Waals surface area (Å²) in [7, 11) is 0. The topological polar surface area (TPSA) is 43.8 Å². The number of rotatable bonds is 1. The molecule has 0 spiro atoms. The van der Waals surface area contributed by atoms with E-state index in [0.29, 0.717) is 11.4 Å². The Balaban J connectivity index is 2.64. The summed E-state index contributed by atoms with van der Waals surface area (Å²) >= 11 is 5.61. The zero-order valence-corrected chi connectivity index (χ0v) is 8.79. The van der Waals surface area contributed by atoms with Gasteiger partial charge in [-0.15, -0.1) is 0 Å². The normalized spacial score (nSPS) is 10.6. The molecule has 0 saturated carbocycles. The Bertz CT molecular complexity index is 507. The highest BCUT2D eigenvalue weighted by Crippen LogP contribution is 2.25. The summed E-state index contributed by atoms with van der Waals surface area (Å²) in [6.07, 6.45) is 3.34. The highest BCUT2D eigenvalue weighted by atomic mass is 35.5. The molecule has 0 atom stereocenters. The summed E-state index contributed by atoms with van der Waals surface area (Å²) in [6.45, 7) is 1.81. The van der Waals surface area contributed by atoms with Crippen LogP contribution in [0, 0.1) is 12.7 Å². The van der Waals surface area contributed by atoms with Gasteiger partial charge in [0, 0.05) is 18.5 Å². The number of nitrogens with zero attached hydrogens (tertiary/aromatic N) is 2. The molecule has 0 bridgehead atoms. The van der Waals surface area contributed by atoms with Crippen LogP contribution >= 0.6 is 11.6 Å². The van der Waals surface area contributed by atoms with Crippen LogP contribution in [0.5, 0.6) is 0 Å². The van der Waals surface area contributed by atoms with E-state index in [0.717, 1.165) is 5.82 Å². The molecule has 0 saturated heterocycles. The molecule has 78 valence electrons. The van der Waals surface area contributed by atoms with Crippen LogP contribution in [0.3, 0.4) is 0 Å². The highest BCUT2D eigenvalue weighted by molar-refractivity contribution is 6.31. The number of anilines is 1. The number of imidazole rings is 1. The number of hydrogen-bond donors (Lipinski definition) is 1. The number of halogens is 2. The van der Waals surface area contributed by atoms with Crippen LogP contribution in [0.25, 0.3) is 5.69 Å². The van der Waals surface area contributed by atoms with Crippen molar-refractivity contribution in [1.29, 1.82) is 0 Å². The number of hydrogen-bond acceptors (Lipinski definition) is 2. The second kappa shape index (κ2) is 3.55. The van der Waals surface area contributed by atoms with Crippen molar-refractivity contribution >= 4 is 17.3 Å². The summed E-state index contributed by atoms with van der Waals surface area (Å²) in [4.78, 5) is 4.04. The number of nitrogens with two attached hydrogens (primary N) is 1. The van der Waals surface area contributed by atoms with Crippen LogP contribution in [-0.2, 0) is 0 Å². The van der Waals surface area contributed by atoms with Crippen molar-refractivity contribution in [2.45, 2.75) is 6.92 Å². The van der Waals surface area contributed by atoms with Crippen LogP contribution in [-0.4, -0.2) is 9.55 Å².